The second kappa shape index (κ2) is 17.1. The number of hydrogen-bond acceptors (Lipinski definition) is 3. The van der Waals surface area contributed by atoms with Crippen LogP contribution in [0, 0.1) is 0 Å². The molecule has 4 aromatic carbocycles. The van der Waals surface area contributed by atoms with Gasteiger partial charge in [-0.3, -0.25) is 4.79 Å². The molecule has 0 unspecified atom stereocenters. The van der Waals surface area contributed by atoms with Crippen LogP contribution >= 0.6 is 31.9 Å². The number of carbonyl (C=O) groups is 2. The van der Waals surface area contributed by atoms with Crippen LogP contribution in [0.2, 0.25) is 0 Å². The molecule has 0 aliphatic heterocycles. The summed E-state index contributed by atoms with van der Waals surface area (Å²) >= 11 is 6.83. The van der Waals surface area contributed by atoms with Gasteiger partial charge in [-0.1, -0.05) is 117 Å². The van der Waals surface area contributed by atoms with E-state index in [1.54, 1.807) is 0 Å². The fourth-order valence-electron chi connectivity index (χ4n) is 3.99. The summed E-state index contributed by atoms with van der Waals surface area (Å²) in [5.74, 6) is -0.903. The number of aryl methyl sites for hydroxylation is 2. The lowest BCUT2D eigenvalue weighted by atomic mass is 9.98. The second-order valence-corrected chi connectivity index (χ2v) is 10.7. The van der Waals surface area contributed by atoms with Crippen LogP contribution in [0.1, 0.15) is 35.1 Å². The Balaban J connectivity index is 0.000000220. The predicted octanol–water partition coefficient (Wildman–Crippen LogP) is 9.15. The van der Waals surface area contributed by atoms with Crippen molar-refractivity contribution in [3.05, 3.63) is 153 Å². The molecular weight excluding hydrogens is 632 g/mol. The maximum absolute atomic E-state index is 11.0. The highest BCUT2D eigenvalue weighted by Gasteiger charge is 2.05. The molecule has 0 heterocycles. The molecule has 204 valence electrons. The molecule has 0 aliphatic carbocycles. The van der Waals surface area contributed by atoms with Gasteiger partial charge in [0.1, 0.15) is 0 Å². The summed E-state index contributed by atoms with van der Waals surface area (Å²) < 4.78 is 6.93. The second-order valence-electron chi connectivity index (χ2n) is 8.87. The number of carboxylic acids is 1. The van der Waals surface area contributed by atoms with Gasteiger partial charge in [-0.25, -0.2) is 4.79 Å². The zero-order chi connectivity index (χ0) is 28.6. The smallest absolute Gasteiger partial charge is 0.328 e. The molecule has 0 atom stereocenters. The van der Waals surface area contributed by atoms with Crippen molar-refractivity contribution in [1.82, 2.24) is 0 Å². The first-order chi connectivity index (χ1) is 19.4. The molecule has 40 heavy (non-hydrogen) atoms. The van der Waals surface area contributed by atoms with Crippen molar-refractivity contribution in [3.63, 3.8) is 0 Å². The highest BCUT2D eigenvalue weighted by molar-refractivity contribution is 9.10. The summed E-state index contributed by atoms with van der Waals surface area (Å²) in [7, 11) is 0. The van der Waals surface area contributed by atoms with Crippen LogP contribution in [-0.4, -0.2) is 17.5 Å². The molecule has 0 amide bonds. The Morgan fingerprint density at radius 3 is 1.50 bits per heavy atom. The van der Waals surface area contributed by atoms with Crippen LogP contribution in [-0.2, 0) is 27.2 Å². The number of ether oxygens (including phenoxy) is 1. The third-order valence-corrected chi connectivity index (χ3v) is 7.10. The Labute approximate surface area is 252 Å². The van der Waals surface area contributed by atoms with Crippen LogP contribution in [0.3, 0.4) is 0 Å². The summed E-state index contributed by atoms with van der Waals surface area (Å²) in [5, 5.41) is 9.00. The van der Waals surface area contributed by atoms with E-state index in [0.29, 0.717) is 12.9 Å². The van der Waals surface area contributed by atoms with E-state index < -0.39 is 5.97 Å². The van der Waals surface area contributed by atoms with E-state index in [2.05, 4.69) is 44.0 Å². The van der Waals surface area contributed by atoms with Crippen LogP contribution in [0.4, 0.5) is 0 Å². The molecule has 0 saturated carbocycles. The van der Waals surface area contributed by atoms with Gasteiger partial charge in [-0.15, -0.1) is 0 Å². The molecule has 4 rings (SSSR count). The zero-order valence-corrected chi connectivity index (χ0v) is 25.1. The van der Waals surface area contributed by atoms with Gasteiger partial charge >= 0.3 is 5.97 Å². The van der Waals surface area contributed by atoms with Gasteiger partial charge in [0.2, 0.25) is 0 Å². The maximum atomic E-state index is 11.0. The number of carbonyl (C=O) groups excluding carboxylic acids is 1. The van der Waals surface area contributed by atoms with Gasteiger partial charge in [0.05, 0.1) is 6.26 Å². The van der Waals surface area contributed by atoms with E-state index in [0.717, 1.165) is 50.5 Å². The van der Waals surface area contributed by atoms with Crippen LogP contribution in [0.5, 0.6) is 0 Å². The average molecular weight is 662 g/mol. The summed E-state index contributed by atoms with van der Waals surface area (Å²) in [5.41, 5.74) is 6.35. The molecule has 1 N–H and O–H groups in total. The molecular formula is C34H30Br2O4. The Hall–Kier alpha value is -3.74. The quantitative estimate of drug-likeness (QED) is 0.0989. The fourth-order valence-corrected chi connectivity index (χ4v) is 4.52. The van der Waals surface area contributed by atoms with Gasteiger partial charge in [0.15, 0.2) is 0 Å². The number of hydrogen-bond donors (Lipinski definition) is 1. The summed E-state index contributed by atoms with van der Waals surface area (Å²) in [6.07, 6.45) is 6.07. The lowest BCUT2D eigenvalue weighted by Gasteiger charge is -2.07. The molecule has 0 radical (unpaired) electrons. The summed E-state index contributed by atoms with van der Waals surface area (Å²) in [6.45, 7) is 0.447. The lowest BCUT2D eigenvalue weighted by Crippen LogP contribution is -1.95. The van der Waals surface area contributed by atoms with Gasteiger partial charge < -0.3 is 9.84 Å². The first-order valence-corrected chi connectivity index (χ1v) is 14.3. The predicted molar refractivity (Wildman–Crippen MR) is 169 cm³/mol. The summed E-state index contributed by atoms with van der Waals surface area (Å²) in [6, 6.07) is 35.9. The number of rotatable bonds is 11. The van der Waals surface area contributed by atoms with E-state index >= 15 is 0 Å². The van der Waals surface area contributed by atoms with Gasteiger partial charge in [-0.2, -0.15) is 0 Å². The van der Waals surface area contributed by atoms with E-state index in [1.165, 1.54) is 23.5 Å². The van der Waals surface area contributed by atoms with Crippen molar-refractivity contribution in [2.75, 3.05) is 0 Å². The van der Waals surface area contributed by atoms with Crippen molar-refractivity contribution in [1.29, 1.82) is 0 Å². The molecule has 4 nitrogen and oxygen atoms in total. The highest BCUT2D eigenvalue weighted by atomic mass is 79.9. The van der Waals surface area contributed by atoms with Gasteiger partial charge in [-0.05, 0) is 83.3 Å². The molecule has 0 spiro atoms. The number of benzene rings is 4. The topological polar surface area (TPSA) is 63.6 Å². The van der Waals surface area contributed by atoms with Crippen molar-refractivity contribution < 1.29 is 19.4 Å². The van der Waals surface area contributed by atoms with Crippen molar-refractivity contribution in [2.24, 2.45) is 0 Å². The van der Waals surface area contributed by atoms with Crippen molar-refractivity contribution in [3.8, 4) is 0 Å². The molecule has 0 aliphatic rings. The largest absolute Gasteiger partial charge is 0.478 e. The highest BCUT2D eigenvalue weighted by Crippen LogP contribution is 2.22. The third kappa shape index (κ3) is 11.2. The molecule has 0 fully saturated rings. The third-order valence-electron chi connectivity index (χ3n) is 6.05. The molecule has 6 heteroatoms. The molecule has 0 aromatic heterocycles. The molecule has 4 aromatic rings. The van der Waals surface area contributed by atoms with Crippen LogP contribution in [0.25, 0.3) is 11.1 Å². The monoisotopic (exact) mass is 660 g/mol. The normalized spacial score (nSPS) is 11.2. The Morgan fingerprint density at radius 2 is 1.07 bits per heavy atom. The molecule has 0 bridgehead atoms. The lowest BCUT2D eigenvalue weighted by molar-refractivity contribution is -0.131. The fraction of sp³-hybridized carbons (Fsp3) is 0.118. The van der Waals surface area contributed by atoms with Crippen molar-refractivity contribution >= 4 is 55.4 Å². The van der Waals surface area contributed by atoms with Crippen LogP contribution < -0.4 is 0 Å². The van der Waals surface area contributed by atoms with Crippen LogP contribution in [0.15, 0.2) is 130 Å². The maximum Gasteiger partial charge on any atom is 0.328 e. The Bertz CT molecular complexity index is 1400. The first-order valence-electron chi connectivity index (χ1n) is 12.8. The van der Waals surface area contributed by atoms with Gasteiger partial charge in [0, 0.05) is 15.0 Å². The summed E-state index contributed by atoms with van der Waals surface area (Å²) in [4.78, 5) is 21.3. The van der Waals surface area contributed by atoms with E-state index in [9.17, 15) is 9.59 Å². The van der Waals surface area contributed by atoms with E-state index in [4.69, 9.17) is 9.84 Å². The zero-order valence-electron chi connectivity index (χ0n) is 21.9. The minimum absolute atomic E-state index is 0.447. The number of halogens is 2. The minimum Gasteiger partial charge on any atom is -0.478 e. The van der Waals surface area contributed by atoms with E-state index in [1.807, 2.05) is 97.1 Å². The average Bonchev–Trinajstić information content (AvgIpc) is 2.98. The number of carboxylic acid groups (broad SMARTS) is 1. The van der Waals surface area contributed by atoms with Crippen molar-refractivity contribution in [2.45, 2.75) is 25.7 Å². The minimum atomic E-state index is -0.903. The first kappa shape index (κ1) is 30.8. The van der Waals surface area contributed by atoms with E-state index in [-0.39, 0.29) is 0 Å². The Kier molecular flexibility index (Phi) is 13.1. The number of allylic oxidation sites excluding steroid dienone is 2. The number of aliphatic carboxylic acids is 1. The SMILES string of the molecule is O=C(O)/C=C(/CCc1ccc(Br)cc1)c1ccccc1.O=CO/C=C(\CCc1ccc(Br)cc1)c1ccccc1. The Morgan fingerprint density at radius 1 is 0.650 bits per heavy atom. The standard InChI is InChI=1S/2C17H15BrO2/c18-17-10-7-14(8-11-17)6-9-16(12-20-13-19)15-4-2-1-3-5-15;18-16-10-7-13(8-11-16)6-9-15(12-17(19)20)14-4-2-1-3-5-14/h1-5,7-8,10-13H,6,9H2;1-5,7-8,10-12H,6,9H2,(H,19,20)/b16-12+;15-12-. The molecule has 0 saturated heterocycles. The van der Waals surface area contributed by atoms with Gasteiger partial charge in [0.25, 0.3) is 6.47 Å².